The van der Waals surface area contributed by atoms with Crippen LogP contribution in [-0.2, 0) is 11.2 Å². The first-order valence-electron chi connectivity index (χ1n) is 8.48. The topological polar surface area (TPSA) is 60.2 Å². The first kappa shape index (κ1) is 13.7. The molecule has 3 fully saturated rings. The second kappa shape index (κ2) is 5.69. The second-order valence-electron chi connectivity index (χ2n) is 6.91. The summed E-state index contributed by atoms with van der Waals surface area (Å²) in [5, 5.41) is 7.70. The molecule has 1 aromatic heterocycles. The van der Waals surface area contributed by atoms with Gasteiger partial charge in [-0.2, -0.15) is 4.98 Å². The molecule has 116 valence electrons. The van der Waals surface area contributed by atoms with Crippen LogP contribution in [0.3, 0.4) is 0 Å². The highest BCUT2D eigenvalue weighted by atomic mass is 16.5. The van der Waals surface area contributed by atoms with Crippen molar-refractivity contribution in [3.8, 4) is 0 Å². The minimum absolute atomic E-state index is 0.334. The van der Waals surface area contributed by atoms with Gasteiger partial charge in [0.25, 0.3) is 0 Å². The van der Waals surface area contributed by atoms with Gasteiger partial charge in [0.1, 0.15) is 0 Å². The molecule has 1 saturated carbocycles. The number of aromatic nitrogens is 2. The Morgan fingerprint density at radius 3 is 2.86 bits per heavy atom. The summed E-state index contributed by atoms with van der Waals surface area (Å²) in [7, 11) is 2.06. The molecule has 2 bridgehead atoms. The molecule has 2 saturated heterocycles. The highest BCUT2D eigenvalue weighted by Gasteiger charge is 2.43. The van der Waals surface area contributed by atoms with Gasteiger partial charge in [0.05, 0.1) is 18.1 Å². The highest BCUT2D eigenvalue weighted by molar-refractivity contribution is 5.07. The van der Waals surface area contributed by atoms with Crippen molar-refractivity contribution in [3.63, 3.8) is 0 Å². The lowest BCUT2D eigenvalue weighted by molar-refractivity contribution is 0.0996. The number of nitrogens with zero attached hydrogens (tertiary/aromatic N) is 2. The van der Waals surface area contributed by atoms with E-state index in [0.717, 1.165) is 31.0 Å². The number of nitrogens with one attached hydrogen (secondary N) is 1. The molecular formula is C16H25N3O2. The highest BCUT2D eigenvalue weighted by Crippen LogP contribution is 2.43. The number of hydrogen-bond acceptors (Lipinski definition) is 5. The third-order valence-corrected chi connectivity index (χ3v) is 5.64. The van der Waals surface area contributed by atoms with Crippen LogP contribution in [0.5, 0.6) is 0 Å². The van der Waals surface area contributed by atoms with Gasteiger partial charge in [0, 0.05) is 12.5 Å². The van der Waals surface area contributed by atoms with Crippen LogP contribution in [0.2, 0.25) is 0 Å². The molecule has 2 aliphatic heterocycles. The van der Waals surface area contributed by atoms with Crippen molar-refractivity contribution in [3.05, 3.63) is 11.7 Å². The average molecular weight is 291 g/mol. The zero-order valence-corrected chi connectivity index (χ0v) is 12.8. The maximum absolute atomic E-state index is 5.90. The Labute approximate surface area is 125 Å². The van der Waals surface area contributed by atoms with Gasteiger partial charge in [-0.05, 0) is 45.1 Å². The van der Waals surface area contributed by atoms with Gasteiger partial charge in [-0.25, -0.2) is 0 Å². The van der Waals surface area contributed by atoms with Crippen LogP contribution in [0.4, 0.5) is 0 Å². The molecule has 0 radical (unpaired) electrons. The van der Waals surface area contributed by atoms with E-state index in [1.807, 2.05) is 0 Å². The second-order valence-corrected chi connectivity index (χ2v) is 6.91. The number of hydrogen-bond donors (Lipinski definition) is 1. The van der Waals surface area contributed by atoms with E-state index in [0.29, 0.717) is 30.1 Å². The molecule has 0 spiro atoms. The van der Waals surface area contributed by atoms with E-state index < -0.39 is 0 Å². The molecule has 5 heteroatoms. The van der Waals surface area contributed by atoms with Crippen molar-refractivity contribution in [2.24, 2.45) is 5.92 Å². The third kappa shape index (κ3) is 2.61. The van der Waals surface area contributed by atoms with Crippen molar-refractivity contribution in [1.29, 1.82) is 0 Å². The van der Waals surface area contributed by atoms with Crippen molar-refractivity contribution < 1.29 is 9.26 Å². The zero-order valence-electron chi connectivity index (χ0n) is 12.8. The minimum Gasteiger partial charge on any atom is -0.374 e. The monoisotopic (exact) mass is 291 g/mol. The van der Waals surface area contributed by atoms with Crippen molar-refractivity contribution in [2.75, 3.05) is 7.05 Å². The number of ether oxygens (including phenoxy) is 1. The maximum Gasteiger partial charge on any atom is 0.226 e. The van der Waals surface area contributed by atoms with Crippen LogP contribution in [-0.4, -0.2) is 35.4 Å². The molecule has 1 aromatic rings. The molecule has 5 unspecified atom stereocenters. The average Bonchev–Trinajstić information content (AvgIpc) is 3.23. The van der Waals surface area contributed by atoms with E-state index >= 15 is 0 Å². The lowest BCUT2D eigenvalue weighted by Crippen LogP contribution is -2.37. The smallest absolute Gasteiger partial charge is 0.226 e. The minimum atomic E-state index is 0.334. The molecule has 1 N–H and O–H groups in total. The van der Waals surface area contributed by atoms with Gasteiger partial charge in [-0.1, -0.05) is 18.0 Å². The lowest BCUT2D eigenvalue weighted by atomic mass is 9.82. The Hall–Kier alpha value is -0.940. The lowest BCUT2D eigenvalue weighted by Gasteiger charge is -2.30. The molecule has 3 heterocycles. The van der Waals surface area contributed by atoms with E-state index in [-0.39, 0.29) is 0 Å². The van der Waals surface area contributed by atoms with Gasteiger partial charge in [0.15, 0.2) is 5.82 Å². The molecule has 21 heavy (non-hydrogen) atoms. The summed E-state index contributed by atoms with van der Waals surface area (Å²) < 4.78 is 11.4. The van der Waals surface area contributed by atoms with E-state index in [4.69, 9.17) is 9.26 Å². The quantitative estimate of drug-likeness (QED) is 0.923. The first-order chi connectivity index (χ1) is 10.3. The largest absolute Gasteiger partial charge is 0.374 e. The van der Waals surface area contributed by atoms with Gasteiger partial charge in [0.2, 0.25) is 5.89 Å². The van der Waals surface area contributed by atoms with Gasteiger partial charge < -0.3 is 14.6 Å². The molecule has 3 aliphatic rings. The van der Waals surface area contributed by atoms with E-state index in [1.165, 1.54) is 32.1 Å². The standard InChI is InChI=1S/C16H25N3O2/c1-17-13-5-3-2-4-10(13)8-15-18-16(19-21-15)12-9-11-6-7-14(12)20-11/h10-14,17H,2-9H2,1H3. The summed E-state index contributed by atoms with van der Waals surface area (Å²) in [6, 6.07) is 0.597. The Morgan fingerprint density at radius 1 is 1.19 bits per heavy atom. The van der Waals surface area contributed by atoms with Crippen LogP contribution in [0.25, 0.3) is 0 Å². The Morgan fingerprint density at radius 2 is 2.10 bits per heavy atom. The summed E-state index contributed by atoms with van der Waals surface area (Å²) in [5.41, 5.74) is 0. The van der Waals surface area contributed by atoms with Crippen LogP contribution in [0.15, 0.2) is 4.52 Å². The van der Waals surface area contributed by atoms with E-state index in [9.17, 15) is 0 Å². The maximum atomic E-state index is 5.90. The van der Waals surface area contributed by atoms with Crippen molar-refractivity contribution in [1.82, 2.24) is 15.5 Å². The molecular weight excluding hydrogens is 266 g/mol. The summed E-state index contributed by atoms with van der Waals surface area (Å²) in [6.45, 7) is 0. The van der Waals surface area contributed by atoms with Crippen LogP contribution >= 0.6 is 0 Å². The molecule has 1 aliphatic carbocycles. The first-order valence-corrected chi connectivity index (χ1v) is 8.48. The van der Waals surface area contributed by atoms with Crippen LogP contribution in [0.1, 0.15) is 62.6 Å². The van der Waals surface area contributed by atoms with Crippen LogP contribution < -0.4 is 5.32 Å². The number of rotatable bonds is 4. The normalized spacial score (nSPS) is 39.0. The fraction of sp³-hybridized carbons (Fsp3) is 0.875. The Balaban J connectivity index is 1.42. The molecule has 4 rings (SSSR count). The van der Waals surface area contributed by atoms with E-state index in [2.05, 4.69) is 22.5 Å². The molecule has 5 atom stereocenters. The molecule has 0 aromatic carbocycles. The van der Waals surface area contributed by atoms with Gasteiger partial charge in [-0.3, -0.25) is 0 Å². The Kier molecular flexibility index (Phi) is 3.71. The summed E-state index contributed by atoms with van der Waals surface area (Å²) in [5.74, 6) is 2.70. The fourth-order valence-corrected chi connectivity index (χ4v) is 4.47. The molecule has 5 nitrogen and oxygen atoms in total. The predicted molar refractivity (Wildman–Crippen MR) is 78.1 cm³/mol. The summed E-state index contributed by atoms with van der Waals surface area (Å²) in [6.07, 6.45) is 10.3. The van der Waals surface area contributed by atoms with Crippen LogP contribution in [0, 0.1) is 5.92 Å². The summed E-state index contributed by atoms with van der Waals surface area (Å²) in [4.78, 5) is 4.69. The van der Waals surface area contributed by atoms with E-state index in [1.54, 1.807) is 0 Å². The zero-order chi connectivity index (χ0) is 14.2. The fourth-order valence-electron chi connectivity index (χ4n) is 4.47. The van der Waals surface area contributed by atoms with Gasteiger partial charge >= 0.3 is 0 Å². The van der Waals surface area contributed by atoms with Crippen molar-refractivity contribution in [2.45, 2.75) is 75.5 Å². The predicted octanol–water partition coefficient (Wildman–Crippen LogP) is 2.43. The SMILES string of the molecule is CNC1CCCCC1Cc1nc(C2CC3CCC2O3)no1. The summed E-state index contributed by atoms with van der Waals surface area (Å²) >= 11 is 0. The Bertz CT molecular complexity index is 490. The van der Waals surface area contributed by atoms with Gasteiger partial charge in [-0.15, -0.1) is 0 Å². The van der Waals surface area contributed by atoms with Crippen molar-refractivity contribution >= 4 is 0 Å². The number of fused-ring (bicyclic) bond motifs is 2. The molecule has 0 amide bonds. The third-order valence-electron chi connectivity index (χ3n) is 5.64.